The quantitative estimate of drug-likeness (QED) is 0.898. The first-order chi connectivity index (χ1) is 9.54. The van der Waals surface area contributed by atoms with E-state index in [-0.39, 0.29) is 17.3 Å². The zero-order valence-corrected chi connectivity index (χ0v) is 12.5. The van der Waals surface area contributed by atoms with E-state index in [2.05, 4.69) is 12.2 Å². The molecule has 1 atom stereocenters. The topological polar surface area (TPSA) is 30.5 Å². The summed E-state index contributed by atoms with van der Waals surface area (Å²) in [6, 6.07) is 5.01. The highest BCUT2D eigenvalue weighted by Gasteiger charge is 2.27. The smallest absolute Gasteiger partial charge is 0.131 e. The summed E-state index contributed by atoms with van der Waals surface area (Å²) in [5.74, 6) is 0.330. The van der Waals surface area contributed by atoms with Crippen molar-refractivity contribution in [2.75, 3.05) is 26.9 Å². The Hall–Kier alpha value is -1.13. The third-order valence-corrected chi connectivity index (χ3v) is 4.21. The minimum atomic E-state index is -0.221. The molecule has 1 N–H and O–H groups in total. The molecule has 0 spiro atoms. The summed E-state index contributed by atoms with van der Waals surface area (Å²) in [5.41, 5.74) is 0.927. The molecule has 0 radical (unpaired) electrons. The minimum Gasteiger partial charge on any atom is -0.497 e. The predicted molar refractivity (Wildman–Crippen MR) is 77.5 cm³/mol. The Kier molecular flexibility index (Phi) is 5.00. The van der Waals surface area contributed by atoms with Crippen molar-refractivity contribution in [2.45, 2.75) is 32.7 Å². The van der Waals surface area contributed by atoms with Gasteiger partial charge in [0, 0.05) is 37.4 Å². The third-order valence-electron chi connectivity index (χ3n) is 4.21. The maximum atomic E-state index is 14.0. The Bertz CT molecular complexity index is 444. The SMILES string of the molecule is COc1ccc(C(C)NCC2(C)CCOCC2)c(F)c1. The molecule has 1 unspecified atom stereocenters. The van der Waals surface area contributed by atoms with E-state index in [1.54, 1.807) is 19.2 Å². The molecule has 112 valence electrons. The van der Waals surface area contributed by atoms with Crippen LogP contribution >= 0.6 is 0 Å². The normalized spacial score (nSPS) is 19.6. The maximum Gasteiger partial charge on any atom is 0.131 e. The molecule has 0 amide bonds. The monoisotopic (exact) mass is 281 g/mol. The minimum absolute atomic E-state index is 0.0134. The van der Waals surface area contributed by atoms with Crippen molar-refractivity contribution < 1.29 is 13.9 Å². The average Bonchev–Trinajstić information content (AvgIpc) is 2.45. The Balaban J connectivity index is 1.96. The Labute approximate surface area is 120 Å². The van der Waals surface area contributed by atoms with Gasteiger partial charge in [-0.1, -0.05) is 13.0 Å². The van der Waals surface area contributed by atoms with Crippen molar-refractivity contribution >= 4 is 0 Å². The zero-order chi connectivity index (χ0) is 14.6. The summed E-state index contributed by atoms with van der Waals surface area (Å²) in [4.78, 5) is 0. The fourth-order valence-electron chi connectivity index (χ4n) is 2.54. The first-order valence-corrected chi connectivity index (χ1v) is 7.19. The lowest BCUT2D eigenvalue weighted by molar-refractivity contribution is 0.0230. The molecule has 1 aliphatic rings. The second-order valence-corrected chi connectivity index (χ2v) is 5.91. The number of benzene rings is 1. The molecule has 0 aliphatic carbocycles. The fraction of sp³-hybridized carbons (Fsp3) is 0.625. The molecule has 2 rings (SSSR count). The van der Waals surface area contributed by atoms with Gasteiger partial charge in [-0.15, -0.1) is 0 Å². The van der Waals surface area contributed by atoms with Crippen molar-refractivity contribution in [3.8, 4) is 5.75 Å². The molecule has 0 bridgehead atoms. The van der Waals surface area contributed by atoms with Crippen molar-refractivity contribution in [1.29, 1.82) is 0 Å². The standard InChI is InChI=1S/C16H24FNO2/c1-12(14-5-4-13(19-3)10-15(14)17)18-11-16(2)6-8-20-9-7-16/h4-5,10,12,18H,6-9,11H2,1-3H3. The van der Waals surface area contributed by atoms with Gasteiger partial charge in [0.1, 0.15) is 11.6 Å². The molecule has 4 heteroatoms. The molecule has 1 saturated heterocycles. The molecule has 1 fully saturated rings. The summed E-state index contributed by atoms with van der Waals surface area (Å²) in [6.07, 6.45) is 2.11. The lowest BCUT2D eigenvalue weighted by atomic mass is 9.82. The largest absolute Gasteiger partial charge is 0.497 e. The lowest BCUT2D eigenvalue weighted by Gasteiger charge is -2.34. The van der Waals surface area contributed by atoms with Crippen LogP contribution in [0.5, 0.6) is 5.75 Å². The molecule has 0 saturated carbocycles. The molecule has 3 nitrogen and oxygen atoms in total. The number of hydrogen-bond donors (Lipinski definition) is 1. The summed E-state index contributed by atoms with van der Waals surface area (Å²) < 4.78 is 24.4. The fourth-order valence-corrected chi connectivity index (χ4v) is 2.54. The van der Waals surface area contributed by atoms with E-state index in [1.807, 2.05) is 6.92 Å². The van der Waals surface area contributed by atoms with Crippen LogP contribution in [0.3, 0.4) is 0 Å². The average molecular weight is 281 g/mol. The highest BCUT2D eigenvalue weighted by atomic mass is 19.1. The van der Waals surface area contributed by atoms with E-state index in [9.17, 15) is 4.39 Å². The van der Waals surface area contributed by atoms with Gasteiger partial charge in [0.15, 0.2) is 0 Å². The van der Waals surface area contributed by atoms with Gasteiger partial charge in [0.2, 0.25) is 0 Å². The molecule has 0 aromatic heterocycles. The summed E-state index contributed by atoms with van der Waals surface area (Å²) >= 11 is 0. The Morgan fingerprint density at radius 3 is 2.70 bits per heavy atom. The molecule has 1 aromatic rings. The van der Waals surface area contributed by atoms with Crippen molar-refractivity contribution in [2.24, 2.45) is 5.41 Å². The Morgan fingerprint density at radius 2 is 2.10 bits per heavy atom. The van der Waals surface area contributed by atoms with Gasteiger partial charge in [0.05, 0.1) is 7.11 Å². The van der Waals surface area contributed by atoms with Gasteiger partial charge in [-0.3, -0.25) is 0 Å². The summed E-state index contributed by atoms with van der Waals surface area (Å²) in [6.45, 7) is 6.78. The maximum absolute atomic E-state index is 14.0. The van der Waals surface area contributed by atoms with E-state index in [1.165, 1.54) is 6.07 Å². The van der Waals surface area contributed by atoms with E-state index in [4.69, 9.17) is 9.47 Å². The zero-order valence-electron chi connectivity index (χ0n) is 12.5. The highest BCUT2D eigenvalue weighted by Crippen LogP contribution is 2.30. The number of halogens is 1. The van der Waals surface area contributed by atoms with Crippen LogP contribution in [0.25, 0.3) is 0 Å². The van der Waals surface area contributed by atoms with Crippen LogP contribution in [0.2, 0.25) is 0 Å². The van der Waals surface area contributed by atoms with Crippen LogP contribution < -0.4 is 10.1 Å². The van der Waals surface area contributed by atoms with Gasteiger partial charge >= 0.3 is 0 Å². The lowest BCUT2D eigenvalue weighted by Crippen LogP contribution is -2.37. The van der Waals surface area contributed by atoms with Crippen LogP contribution in [0.4, 0.5) is 4.39 Å². The number of nitrogens with one attached hydrogen (secondary N) is 1. The molecule has 20 heavy (non-hydrogen) atoms. The van der Waals surface area contributed by atoms with Crippen LogP contribution in [0.1, 0.15) is 38.3 Å². The third kappa shape index (κ3) is 3.70. The van der Waals surface area contributed by atoms with E-state index in [0.717, 1.165) is 32.6 Å². The summed E-state index contributed by atoms with van der Waals surface area (Å²) in [7, 11) is 1.54. The first kappa shape index (κ1) is 15.3. The van der Waals surface area contributed by atoms with E-state index in [0.29, 0.717) is 11.3 Å². The molecule has 1 aliphatic heterocycles. The Morgan fingerprint density at radius 1 is 1.40 bits per heavy atom. The molecule has 1 heterocycles. The van der Waals surface area contributed by atoms with Gasteiger partial charge in [0.25, 0.3) is 0 Å². The van der Waals surface area contributed by atoms with Gasteiger partial charge in [-0.25, -0.2) is 4.39 Å². The van der Waals surface area contributed by atoms with Gasteiger partial charge in [-0.2, -0.15) is 0 Å². The number of hydrogen-bond acceptors (Lipinski definition) is 3. The van der Waals surface area contributed by atoms with Crippen LogP contribution in [0, 0.1) is 11.2 Å². The second kappa shape index (κ2) is 6.55. The van der Waals surface area contributed by atoms with Crippen molar-refractivity contribution in [1.82, 2.24) is 5.32 Å². The first-order valence-electron chi connectivity index (χ1n) is 7.19. The number of ether oxygens (including phenoxy) is 2. The summed E-state index contributed by atoms with van der Waals surface area (Å²) in [5, 5.41) is 3.45. The van der Waals surface area contributed by atoms with Crippen LogP contribution in [0.15, 0.2) is 18.2 Å². The molecule has 1 aromatic carbocycles. The van der Waals surface area contributed by atoms with Crippen molar-refractivity contribution in [3.05, 3.63) is 29.6 Å². The van der Waals surface area contributed by atoms with Gasteiger partial charge < -0.3 is 14.8 Å². The second-order valence-electron chi connectivity index (χ2n) is 5.91. The van der Waals surface area contributed by atoms with Crippen LogP contribution in [-0.4, -0.2) is 26.9 Å². The van der Waals surface area contributed by atoms with E-state index >= 15 is 0 Å². The number of rotatable bonds is 5. The number of methoxy groups -OCH3 is 1. The molecular weight excluding hydrogens is 257 g/mol. The van der Waals surface area contributed by atoms with E-state index < -0.39 is 0 Å². The molecular formula is C16H24FNO2. The van der Waals surface area contributed by atoms with Crippen molar-refractivity contribution in [3.63, 3.8) is 0 Å². The van der Waals surface area contributed by atoms with Gasteiger partial charge in [-0.05, 0) is 31.2 Å². The van der Waals surface area contributed by atoms with Crippen LogP contribution in [-0.2, 0) is 4.74 Å². The highest BCUT2D eigenvalue weighted by molar-refractivity contribution is 5.30. The predicted octanol–water partition coefficient (Wildman–Crippen LogP) is 3.30.